The molecule has 2 rings (SSSR count). The van der Waals surface area contributed by atoms with Gasteiger partial charge in [-0.2, -0.15) is 0 Å². The SMILES string of the molecule is Cc1ccc(C)c(C(N)CN(C)Cc2nccn2C)c1. The predicted molar refractivity (Wildman–Crippen MR) is 82.4 cm³/mol. The molecule has 0 aliphatic carbocycles. The number of likely N-dealkylation sites (N-methyl/N-ethyl adjacent to an activating group) is 1. The molecule has 0 fully saturated rings. The lowest BCUT2D eigenvalue weighted by molar-refractivity contribution is 0.294. The van der Waals surface area contributed by atoms with E-state index in [0.717, 1.165) is 18.9 Å². The fourth-order valence-corrected chi connectivity index (χ4v) is 2.45. The molecule has 4 heteroatoms. The predicted octanol–water partition coefficient (Wildman–Crippen LogP) is 2.17. The fourth-order valence-electron chi connectivity index (χ4n) is 2.45. The molecule has 0 aliphatic rings. The van der Waals surface area contributed by atoms with Crippen molar-refractivity contribution in [3.05, 3.63) is 53.1 Å². The summed E-state index contributed by atoms with van der Waals surface area (Å²) in [5.74, 6) is 1.06. The molecule has 1 aromatic heterocycles. The number of nitrogens with two attached hydrogens (primary N) is 1. The number of nitrogens with zero attached hydrogens (tertiary/aromatic N) is 3. The second kappa shape index (κ2) is 6.20. The topological polar surface area (TPSA) is 47.1 Å². The fraction of sp³-hybridized carbons (Fsp3) is 0.438. The summed E-state index contributed by atoms with van der Waals surface area (Å²) in [5, 5.41) is 0. The van der Waals surface area contributed by atoms with Crippen molar-refractivity contribution >= 4 is 0 Å². The number of benzene rings is 1. The third-order valence-electron chi connectivity index (χ3n) is 3.67. The number of hydrogen-bond acceptors (Lipinski definition) is 3. The Hall–Kier alpha value is -1.65. The summed E-state index contributed by atoms with van der Waals surface area (Å²) >= 11 is 0. The van der Waals surface area contributed by atoms with Gasteiger partial charge in [-0.3, -0.25) is 4.90 Å². The van der Waals surface area contributed by atoms with E-state index in [4.69, 9.17) is 5.73 Å². The first-order chi connectivity index (χ1) is 9.47. The van der Waals surface area contributed by atoms with Crippen LogP contribution in [0.1, 0.15) is 28.6 Å². The lowest BCUT2D eigenvalue weighted by Gasteiger charge is -2.22. The molecule has 1 aromatic carbocycles. The first-order valence-electron chi connectivity index (χ1n) is 6.95. The Morgan fingerprint density at radius 3 is 2.75 bits per heavy atom. The lowest BCUT2D eigenvalue weighted by Crippen LogP contribution is -2.30. The third kappa shape index (κ3) is 3.46. The van der Waals surface area contributed by atoms with Crippen LogP contribution in [0.5, 0.6) is 0 Å². The van der Waals surface area contributed by atoms with Gasteiger partial charge < -0.3 is 10.3 Å². The van der Waals surface area contributed by atoms with E-state index in [9.17, 15) is 0 Å². The summed E-state index contributed by atoms with van der Waals surface area (Å²) in [6, 6.07) is 6.49. The minimum absolute atomic E-state index is 0.0279. The van der Waals surface area contributed by atoms with Crippen LogP contribution in [0.15, 0.2) is 30.6 Å². The van der Waals surface area contributed by atoms with Gasteiger partial charge in [0, 0.05) is 32.0 Å². The summed E-state index contributed by atoms with van der Waals surface area (Å²) in [6.45, 7) is 5.85. The van der Waals surface area contributed by atoms with Gasteiger partial charge in [0.1, 0.15) is 5.82 Å². The molecule has 4 nitrogen and oxygen atoms in total. The molecule has 1 heterocycles. The van der Waals surface area contributed by atoms with Crippen LogP contribution in [0.4, 0.5) is 0 Å². The Labute approximate surface area is 121 Å². The molecule has 0 saturated heterocycles. The summed E-state index contributed by atoms with van der Waals surface area (Å²) < 4.78 is 2.04. The smallest absolute Gasteiger partial charge is 0.122 e. The summed E-state index contributed by atoms with van der Waals surface area (Å²) in [6.07, 6.45) is 3.79. The first kappa shape index (κ1) is 14.8. The molecule has 2 N–H and O–H groups in total. The quantitative estimate of drug-likeness (QED) is 0.907. The van der Waals surface area contributed by atoms with E-state index in [2.05, 4.69) is 49.0 Å². The number of rotatable bonds is 5. The molecular formula is C16H24N4. The van der Waals surface area contributed by atoms with Crippen molar-refractivity contribution in [2.24, 2.45) is 12.8 Å². The zero-order valence-corrected chi connectivity index (χ0v) is 12.8. The molecule has 0 aliphatic heterocycles. The molecule has 1 atom stereocenters. The van der Waals surface area contributed by atoms with Crippen molar-refractivity contribution in [1.29, 1.82) is 0 Å². The maximum atomic E-state index is 6.36. The molecule has 0 bridgehead atoms. The maximum absolute atomic E-state index is 6.36. The van der Waals surface area contributed by atoms with Gasteiger partial charge in [-0.1, -0.05) is 23.8 Å². The van der Waals surface area contributed by atoms with Crippen LogP contribution in [0.25, 0.3) is 0 Å². The Bertz CT molecular complexity index is 574. The monoisotopic (exact) mass is 272 g/mol. The van der Waals surface area contributed by atoms with E-state index in [1.807, 2.05) is 24.0 Å². The average Bonchev–Trinajstić information content (AvgIpc) is 2.77. The largest absolute Gasteiger partial charge is 0.337 e. The van der Waals surface area contributed by atoms with Crippen LogP contribution >= 0.6 is 0 Å². The van der Waals surface area contributed by atoms with Crippen molar-refractivity contribution < 1.29 is 0 Å². The van der Waals surface area contributed by atoms with Crippen molar-refractivity contribution in [2.75, 3.05) is 13.6 Å². The molecule has 0 amide bonds. The summed E-state index contributed by atoms with van der Waals surface area (Å²) in [7, 11) is 4.10. The molecule has 1 unspecified atom stereocenters. The highest BCUT2D eigenvalue weighted by molar-refractivity contribution is 5.33. The molecule has 108 valence electrons. The van der Waals surface area contributed by atoms with Gasteiger partial charge in [0.15, 0.2) is 0 Å². The van der Waals surface area contributed by atoms with Crippen molar-refractivity contribution in [3.63, 3.8) is 0 Å². The van der Waals surface area contributed by atoms with E-state index < -0.39 is 0 Å². The van der Waals surface area contributed by atoms with Gasteiger partial charge in [0.25, 0.3) is 0 Å². The van der Waals surface area contributed by atoms with Gasteiger partial charge in [-0.25, -0.2) is 4.98 Å². The molecule has 0 radical (unpaired) electrons. The van der Waals surface area contributed by atoms with E-state index in [0.29, 0.717) is 0 Å². The lowest BCUT2D eigenvalue weighted by atomic mass is 9.99. The Balaban J connectivity index is 2.02. The van der Waals surface area contributed by atoms with Gasteiger partial charge in [-0.15, -0.1) is 0 Å². The van der Waals surface area contributed by atoms with Crippen LogP contribution in [-0.4, -0.2) is 28.0 Å². The highest BCUT2D eigenvalue weighted by Gasteiger charge is 2.13. The number of hydrogen-bond donors (Lipinski definition) is 1. The van der Waals surface area contributed by atoms with Gasteiger partial charge >= 0.3 is 0 Å². The number of aryl methyl sites for hydroxylation is 3. The second-order valence-electron chi connectivity index (χ2n) is 5.62. The average molecular weight is 272 g/mol. The Morgan fingerprint density at radius 1 is 1.35 bits per heavy atom. The highest BCUT2D eigenvalue weighted by atomic mass is 15.2. The summed E-state index contributed by atoms with van der Waals surface area (Å²) in [5.41, 5.74) is 10.1. The standard InChI is InChI=1S/C16H24N4/c1-12-5-6-13(2)14(9-12)15(17)10-19(3)11-16-18-7-8-20(16)4/h5-9,15H,10-11,17H2,1-4H3. The van der Waals surface area contributed by atoms with Gasteiger partial charge in [0.05, 0.1) is 6.54 Å². The number of aromatic nitrogens is 2. The first-order valence-corrected chi connectivity index (χ1v) is 6.95. The Morgan fingerprint density at radius 2 is 2.10 bits per heavy atom. The van der Waals surface area contributed by atoms with Gasteiger partial charge in [0.2, 0.25) is 0 Å². The van der Waals surface area contributed by atoms with Crippen molar-refractivity contribution in [2.45, 2.75) is 26.4 Å². The van der Waals surface area contributed by atoms with Crippen LogP contribution < -0.4 is 5.73 Å². The van der Waals surface area contributed by atoms with Crippen LogP contribution in [0, 0.1) is 13.8 Å². The maximum Gasteiger partial charge on any atom is 0.122 e. The zero-order chi connectivity index (χ0) is 14.7. The molecule has 20 heavy (non-hydrogen) atoms. The van der Waals surface area contributed by atoms with Gasteiger partial charge in [-0.05, 0) is 32.0 Å². The van der Waals surface area contributed by atoms with Crippen LogP contribution in [0.2, 0.25) is 0 Å². The minimum Gasteiger partial charge on any atom is -0.337 e. The van der Waals surface area contributed by atoms with E-state index in [1.54, 1.807) is 0 Å². The highest BCUT2D eigenvalue weighted by Crippen LogP contribution is 2.18. The van der Waals surface area contributed by atoms with E-state index >= 15 is 0 Å². The normalized spacial score (nSPS) is 12.9. The zero-order valence-electron chi connectivity index (χ0n) is 12.8. The summed E-state index contributed by atoms with van der Waals surface area (Å²) in [4.78, 5) is 6.56. The molecular weight excluding hydrogens is 248 g/mol. The second-order valence-corrected chi connectivity index (χ2v) is 5.62. The molecule has 0 spiro atoms. The number of imidazole rings is 1. The molecule has 0 saturated carbocycles. The van der Waals surface area contributed by atoms with Crippen molar-refractivity contribution in [3.8, 4) is 0 Å². The third-order valence-corrected chi connectivity index (χ3v) is 3.67. The molecule has 2 aromatic rings. The van der Waals surface area contributed by atoms with E-state index in [-0.39, 0.29) is 6.04 Å². The van der Waals surface area contributed by atoms with Crippen LogP contribution in [0.3, 0.4) is 0 Å². The Kier molecular flexibility index (Phi) is 4.57. The van der Waals surface area contributed by atoms with Crippen molar-refractivity contribution in [1.82, 2.24) is 14.5 Å². The minimum atomic E-state index is 0.0279. The van der Waals surface area contributed by atoms with Crippen LogP contribution in [-0.2, 0) is 13.6 Å². The van der Waals surface area contributed by atoms with E-state index in [1.165, 1.54) is 16.7 Å².